The lowest BCUT2D eigenvalue weighted by atomic mass is 9.82. The molecule has 4 aromatic rings. The highest BCUT2D eigenvalue weighted by Gasteiger charge is 2.37. The van der Waals surface area contributed by atoms with Crippen molar-refractivity contribution >= 4 is 11.6 Å². The van der Waals surface area contributed by atoms with E-state index in [1.807, 2.05) is 6.07 Å². The average Bonchev–Trinajstić information content (AvgIpc) is 3.66. The van der Waals surface area contributed by atoms with Crippen molar-refractivity contribution in [3.8, 4) is 11.8 Å². The van der Waals surface area contributed by atoms with Crippen molar-refractivity contribution in [2.75, 3.05) is 5.32 Å². The zero-order valence-corrected chi connectivity index (χ0v) is 20.7. The molecule has 0 spiro atoms. The van der Waals surface area contributed by atoms with E-state index in [1.165, 1.54) is 24.3 Å². The van der Waals surface area contributed by atoms with E-state index in [0.29, 0.717) is 35.2 Å². The predicted octanol–water partition coefficient (Wildman–Crippen LogP) is 5.84. The van der Waals surface area contributed by atoms with Gasteiger partial charge in [-0.15, -0.1) is 0 Å². The van der Waals surface area contributed by atoms with Gasteiger partial charge < -0.3 is 10.4 Å². The second kappa shape index (κ2) is 10.3. The standard InChI is InChI=1S/C29H24F3N5O2/c30-29(31,32)26-17-25(37(36-26)24-6-1-3-20(15-24)18-33)27(38)35-23-5-2-4-22(16-23)28(39,12-9-19-7-8-19)21-10-13-34-14-11-21/h1-6,10-11,13-17,19,39H,7-9,12H2,(H,35,38). The average molecular weight is 532 g/mol. The number of alkyl halides is 3. The fraction of sp³-hybridized carbons (Fsp3) is 0.241. The lowest BCUT2D eigenvalue weighted by Crippen LogP contribution is -2.28. The smallest absolute Gasteiger partial charge is 0.380 e. The Hall–Kier alpha value is -4.49. The minimum Gasteiger partial charge on any atom is -0.380 e. The summed E-state index contributed by atoms with van der Waals surface area (Å²) in [7, 11) is 0. The summed E-state index contributed by atoms with van der Waals surface area (Å²) in [4.78, 5) is 17.3. The molecule has 1 unspecified atom stereocenters. The molecule has 1 aliphatic rings. The highest BCUT2D eigenvalue weighted by molar-refractivity contribution is 6.03. The highest BCUT2D eigenvalue weighted by Crippen LogP contribution is 2.41. The number of nitriles is 1. The van der Waals surface area contributed by atoms with Gasteiger partial charge in [-0.1, -0.05) is 31.0 Å². The number of carbonyl (C=O) groups is 1. The Labute approximate surface area is 222 Å². The molecule has 1 atom stereocenters. The van der Waals surface area contributed by atoms with Gasteiger partial charge >= 0.3 is 6.18 Å². The first-order chi connectivity index (χ1) is 18.7. The van der Waals surface area contributed by atoms with Gasteiger partial charge in [0.25, 0.3) is 5.91 Å². The second-order valence-electron chi connectivity index (χ2n) is 9.60. The third kappa shape index (κ3) is 5.68. The normalized spacial score (nSPS) is 14.8. The minimum atomic E-state index is -4.78. The van der Waals surface area contributed by atoms with E-state index in [0.717, 1.165) is 23.9 Å². The number of nitrogens with zero attached hydrogens (tertiary/aromatic N) is 4. The first-order valence-corrected chi connectivity index (χ1v) is 12.4. The van der Waals surface area contributed by atoms with Crippen molar-refractivity contribution in [1.29, 1.82) is 5.26 Å². The summed E-state index contributed by atoms with van der Waals surface area (Å²) in [6.07, 6.45) is 1.98. The van der Waals surface area contributed by atoms with Gasteiger partial charge in [-0.3, -0.25) is 9.78 Å². The maximum Gasteiger partial charge on any atom is 0.435 e. The molecule has 198 valence electrons. The molecule has 1 saturated carbocycles. The number of hydrogen-bond donors (Lipinski definition) is 2. The lowest BCUT2D eigenvalue weighted by Gasteiger charge is -2.30. The van der Waals surface area contributed by atoms with Crippen molar-refractivity contribution in [3.63, 3.8) is 0 Å². The topological polar surface area (TPSA) is 104 Å². The van der Waals surface area contributed by atoms with Crippen LogP contribution in [-0.2, 0) is 11.8 Å². The Kier molecular flexibility index (Phi) is 6.93. The summed E-state index contributed by atoms with van der Waals surface area (Å²) in [6, 6.07) is 18.5. The molecule has 7 nitrogen and oxygen atoms in total. The number of nitrogens with one attached hydrogen (secondary N) is 1. The fourth-order valence-electron chi connectivity index (χ4n) is 4.54. The number of carbonyl (C=O) groups excluding carboxylic acids is 1. The van der Waals surface area contributed by atoms with Gasteiger partial charge in [0.1, 0.15) is 11.3 Å². The number of halogens is 3. The van der Waals surface area contributed by atoms with Crippen molar-refractivity contribution in [1.82, 2.24) is 14.8 Å². The van der Waals surface area contributed by atoms with Crippen LogP contribution in [0.5, 0.6) is 0 Å². The Morgan fingerprint density at radius 3 is 2.49 bits per heavy atom. The van der Waals surface area contributed by atoms with Gasteiger partial charge in [-0.2, -0.15) is 23.5 Å². The summed E-state index contributed by atoms with van der Waals surface area (Å²) in [5.41, 5.74) is -1.10. The van der Waals surface area contributed by atoms with Gasteiger partial charge in [0.05, 0.1) is 17.3 Å². The molecular formula is C29H24F3N5O2. The Bertz CT molecular complexity index is 1540. The van der Waals surface area contributed by atoms with Crippen LogP contribution in [0.25, 0.3) is 5.69 Å². The van der Waals surface area contributed by atoms with Crippen LogP contribution in [0.2, 0.25) is 0 Å². The van der Waals surface area contributed by atoms with Crippen molar-refractivity contribution < 1.29 is 23.1 Å². The summed E-state index contributed by atoms with van der Waals surface area (Å²) in [5.74, 6) is -0.258. The Morgan fingerprint density at radius 1 is 1.05 bits per heavy atom. The predicted molar refractivity (Wildman–Crippen MR) is 137 cm³/mol. The quantitative estimate of drug-likeness (QED) is 0.298. The summed E-state index contributed by atoms with van der Waals surface area (Å²) in [5, 5.41) is 27.3. The molecule has 2 N–H and O–H groups in total. The molecular weight excluding hydrogens is 507 g/mol. The van der Waals surface area contributed by atoms with Crippen LogP contribution in [0.3, 0.4) is 0 Å². The van der Waals surface area contributed by atoms with Gasteiger partial charge in [-0.05, 0) is 72.4 Å². The number of anilines is 1. The molecule has 0 aliphatic heterocycles. The van der Waals surface area contributed by atoms with Crippen LogP contribution in [0.4, 0.5) is 18.9 Å². The van der Waals surface area contributed by atoms with E-state index in [9.17, 15) is 28.3 Å². The van der Waals surface area contributed by atoms with Gasteiger partial charge in [-0.25, -0.2) is 4.68 Å². The number of pyridine rings is 1. The van der Waals surface area contributed by atoms with Gasteiger partial charge in [0, 0.05) is 24.1 Å². The van der Waals surface area contributed by atoms with Crippen LogP contribution in [0.1, 0.15) is 58.6 Å². The summed E-state index contributed by atoms with van der Waals surface area (Å²) in [6.45, 7) is 0. The third-order valence-corrected chi connectivity index (χ3v) is 6.82. The first kappa shape index (κ1) is 26.1. The largest absolute Gasteiger partial charge is 0.435 e. The molecule has 2 heterocycles. The first-order valence-electron chi connectivity index (χ1n) is 12.4. The summed E-state index contributed by atoms with van der Waals surface area (Å²) >= 11 is 0. The van der Waals surface area contributed by atoms with E-state index in [2.05, 4.69) is 15.4 Å². The molecule has 0 radical (unpaired) electrons. The number of hydrogen-bond acceptors (Lipinski definition) is 5. The Balaban J connectivity index is 1.48. The van der Waals surface area contributed by atoms with Crippen molar-refractivity contribution in [2.24, 2.45) is 5.92 Å². The fourth-order valence-corrected chi connectivity index (χ4v) is 4.54. The number of aliphatic hydroxyl groups is 1. The molecule has 0 bridgehead atoms. The summed E-state index contributed by atoms with van der Waals surface area (Å²) < 4.78 is 41.4. The minimum absolute atomic E-state index is 0.135. The van der Waals surface area contributed by atoms with Crippen LogP contribution in [0, 0.1) is 17.2 Å². The monoisotopic (exact) mass is 531 g/mol. The molecule has 5 rings (SSSR count). The lowest BCUT2D eigenvalue weighted by molar-refractivity contribution is -0.141. The van der Waals surface area contributed by atoms with E-state index in [1.54, 1.807) is 48.8 Å². The van der Waals surface area contributed by atoms with Crippen molar-refractivity contribution in [2.45, 2.75) is 37.5 Å². The maximum absolute atomic E-state index is 13.5. The third-order valence-electron chi connectivity index (χ3n) is 6.82. The molecule has 1 fully saturated rings. The van der Waals surface area contributed by atoms with E-state index < -0.39 is 23.4 Å². The van der Waals surface area contributed by atoms with Crippen LogP contribution in [0.15, 0.2) is 79.1 Å². The van der Waals surface area contributed by atoms with E-state index in [4.69, 9.17) is 0 Å². The van der Waals surface area contributed by atoms with E-state index >= 15 is 0 Å². The molecule has 39 heavy (non-hydrogen) atoms. The molecule has 1 amide bonds. The number of rotatable bonds is 8. The van der Waals surface area contributed by atoms with Crippen LogP contribution in [-0.4, -0.2) is 25.8 Å². The molecule has 10 heteroatoms. The SMILES string of the molecule is N#Cc1cccc(-n2nc(C(F)(F)F)cc2C(=O)Nc2cccc(C(O)(CCC3CC3)c3ccncc3)c2)c1. The second-order valence-corrected chi connectivity index (χ2v) is 9.60. The number of benzene rings is 2. The van der Waals surface area contributed by atoms with Crippen LogP contribution >= 0.6 is 0 Å². The molecule has 0 saturated heterocycles. The van der Waals surface area contributed by atoms with Gasteiger partial charge in [0.2, 0.25) is 0 Å². The molecule has 2 aromatic heterocycles. The van der Waals surface area contributed by atoms with Gasteiger partial charge in [0.15, 0.2) is 5.69 Å². The maximum atomic E-state index is 13.5. The van der Waals surface area contributed by atoms with E-state index in [-0.39, 0.29) is 16.9 Å². The van der Waals surface area contributed by atoms with Crippen molar-refractivity contribution in [3.05, 3.63) is 107 Å². The van der Waals surface area contributed by atoms with Crippen LogP contribution < -0.4 is 5.32 Å². The zero-order valence-electron chi connectivity index (χ0n) is 20.7. The molecule has 1 aliphatic carbocycles. The number of amides is 1. The zero-order chi connectivity index (χ0) is 27.6. The molecule has 2 aromatic carbocycles. The number of aromatic nitrogens is 3. The Morgan fingerprint density at radius 2 is 1.79 bits per heavy atom. The highest BCUT2D eigenvalue weighted by atomic mass is 19.4.